The van der Waals surface area contributed by atoms with E-state index in [1.165, 1.54) is 18.2 Å². The quantitative estimate of drug-likeness (QED) is 0.541. The molecule has 0 aliphatic rings. The Morgan fingerprint density at radius 2 is 2.36 bits per heavy atom. The van der Waals surface area contributed by atoms with E-state index >= 15 is 0 Å². The largest absolute Gasteiger partial charge is 0.477 e. The minimum absolute atomic E-state index is 0.0368. The standard InChI is InChI=1S/C11H9FO2/c1-2-3-7-14-11-9(8-13)5-4-6-10(11)12/h4-6,8H,7H2,1H3. The SMILES string of the molecule is CC#CCOc1c(F)cccc1C=O. The molecule has 0 aliphatic heterocycles. The van der Waals surface area contributed by atoms with Crippen LogP contribution in [-0.4, -0.2) is 12.9 Å². The molecule has 0 saturated carbocycles. The van der Waals surface area contributed by atoms with Gasteiger partial charge in [0.15, 0.2) is 17.9 Å². The van der Waals surface area contributed by atoms with Crippen LogP contribution in [0.4, 0.5) is 4.39 Å². The van der Waals surface area contributed by atoms with Crippen LogP contribution in [-0.2, 0) is 0 Å². The number of para-hydroxylation sites is 1. The van der Waals surface area contributed by atoms with Crippen LogP contribution in [0.2, 0.25) is 0 Å². The number of benzene rings is 1. The molecule has 0 fully saturated rings. The normalized spacial score (nSPS) is 8.71. The van der Waals surface area contributed by atoms with Gasteiger partial charge in [0.25, 0.3) is 0 Å². The molecule has 0 unspecified atom stereocenters. The Labute approximate surface area is 81.7 Å². The molecule has 1 aromatic carbocycles. The molecule has 0 N–H and O–H groups in total. The summed E-state index contributed by atoms with van der Waals surface area (Å²) in [5, 5.41) is 0. The van der Waals surface area contributed by atoms with Crippen molar-refractivity contribution in [2.45, 2.75) is 6.92 Å². The van der Waals surface area contributed by atoms with Crippen molar-refractivity contribution in [3.05, 3.63) is 29.6 Å². The Kier molecular flexibility index (Phi) is 3.69. The van der Waals surface area contributed by atoms with E-state index in [9.17, 15) is 9.18 Å². The van der Waals surface area contributed by atoms with Gasteiger partial charge in [0.1, 0.15) is 6.61 Å². The van der Waals surface area contributed by atoms with Gasteiger partial charge in [-0.1, -0.05) is 12.0 Å². The van der Waals surface area contributed by atoms with Crippen LogP contribution in [0.15, 0.2) is 18.2 Å². The van der Waals surface area contributed by atoms with Gasteiger partial charge in [0, 0.05) is 0 Å². The molecule has 0 radical (unpaired) electrons. The van der Waals surface area contributed by atoms with Gasteiger partial charge in [-0.3, -0.25) is 4.79 Å². The number of hydrogen-bond acceptors (Lipinski definition) is 2. The molecule has 0 heterocycles. The third-order valence-corrected chi connectivity index (χ3v) is 1.59. The Bertz CT molecular complexity index is 388. The maximum Gasteiger partial charge on any atom is 0.166 e. The third kappa shape index (κ3) is 2.33. The van der Waals surface area contributed by atoms with Gasteiger partial charge < -0.3 is 4.74 Å². The number of hydrogen-bond donors (Lipinski definition) is 0. The molecule has 14 heavy (non-hydrogen) atoms. The van der Waals surface area contributed by atoms with Gasteiger partial charge >= 0.3 is 0 Å². The molecule has 0 bridgehead atoms. The van der Waals surface area contributed by atoms with E-state index in [0.717, 1.165) is 0 Å². The first kappa shape index (κ1) is 10.3. The lowest BCUT2D eigenvalue weighted by atomic mass is 10.2. The smallest absolute Gasteiger partial charge is 0.166 e. The van der Waals surface area contributed by atoms with Crippen LogP contribution < -0.4 is 4.74 Å². The summed E-state index contributed by atoms with van der Waals surface area (Å²) in [7, 11) is 0. The lowest BCUT2D eigenvalue weighted by Crippen LogP contribution is -2.00. The van der Waals surface area contributed by atoms with Gasteiger partial charge in [-0.2, -0.15) is 0 Å². The summed E-state index contributed by atoms with van der Waals surface area (Å²) in [6.45, 7) is 1.74. The highest BCUT2D eigenvalue weighted by molar-refractivity contribution is 5.79. The van der Waals surface area contributed by atoms with Crippen LogP contribution in [0, 0.1) is 17.7 Å². The maximum atomic E-state index is 13.1. The summed E-state index contributed by atoms with van der Waals surface area (Å²) in [6, 6.07) is 4.18. The average Bonchev–Trinajstić information content (AvgIpc) is 2.20. The van der Waals surface area contributed by atoms with E-state index in [-0.39, 0.29) is 17.9 Å². The van der Waals surface area contributed by atoms with Gasteiger partial charge in [-0.05, 0) is 19.1 Å². The molecule has 1 rings (SSSR count). The average molecular weight is 192 g/mol. The second-order valence-corrected chi connectivity index (χ2v) is 2.49. The predicted octanol–water partition coefficient (Wildman–Crippen LogP) is 2.04. The van der Waals surface area contributed by atoms with Crippen LogP contribution in [0.25, 0.3) is 0 Å². The van der Waals surface area contributed by atoms with E-state index in [0.29, 0.717) is 6.29 Å². The topological polar surface area (TPSA) is 26.3 Å². The van der Waals surface area contributed by atoms with Crippen molar-refractivity contribution in [2.24, 2.45) is 0 Å². The highest BCUT2D eigenvalue weighted by Gasteiger charge is 2.07. The van der Waals surface area contributed by atoms with E-state index in [4.69, 9.17) is 4.74 Å². The molecule has 0 amide bonds. The van der Waals surface area contributed by atoms with E-state index in [1.54, 1.807) is 6.92 Å². The summed E-state index contributed by atoms with van der Waals surface area (Å²) in [5.41, 5.74) is 0.197. The first-order valence-corrected chi connectivity index (χ1v) is 4.05. The van der Waals surface area contributed by atoms with Crippen LogP contribution in [0.5, 0.6) is 5.75 Å². The third-order valence-electron chi connectivity index (χ3n) is 1.59. The molecule has 3 heteroatoms. The van der Waals surface area contributed by atoms with Crippen molar-refractivity contribution in [1.82, 2.24) is 0 Å². The molecular weight excluding hydrogens is 183 g/mol. The molecule has 1 aromatic rings. The fourth-order valence-corrected chi connectivity index (χ4v) is 0.951. The molecule has 0 saturated heterocycles. The predicted molar refractivity (Wildman–Crippen MR) is 50.7 cm³/mol. The zero-order valence-corrected chi connectivity index (χ0v) is 7.71. The molecule has 0 aliphatic carbocycles. The van der Waals surface area contributed by atoms with Crippen molar-refractivity contribution >= 4 is 6.29 Å². The van der Waals surface area contributed by atoms with Gasteiger partial charge in [-0.25, -0.2) is 4.39 Å². The van der Waals surface area contributed by atoms with Gasteiger partial charge in [0.05, 0.1) is 5.56 Å². The van der Waals surface area contributed by atoms with E-state index < -0.39 is 5.82 Å². The van der Waals surface area contributed by atoms with Crippen LogP contribution in [0.1, 0.15) is 17.3 Å². The van der Waals surface area contributed by atoms with Crippen LogP contribution in [0.3, 0.4) is 0 Å². The highest BCUT2D eigenvalue weighted by Crippen LogP contribution is 2.20. The summed E-state index contributed by atoms with van der Waals surface area (Å²) in [6.07, 6.45) is 0.553. The lowest BCUT2D eigenvalue weighted by molar-refractivity contribution is 0.111. The monoisotopic (exact) mass is 192 g/mol. The van der Waals surface area contributed by atoms with E-state index in [1.807, 2.05) is 0 Å². The Hall–Kier alpha value is -1.82. The van der Waals surface area contributed by atoms with Crippen molar-refractivity contribution in [3.63, 3.8) is 0 Å². The fraction of sp³-hybridized carbons (Fsp3) is 0.182. The summed E-state index contributed by atoms with van der Waals surface area (Å²) in [5.74, 6) is 4.64. The number of carbonyl (C=O) groups is 1. The van der Waals surface area contributed by atoms with Crippen LogP contribution >= 0.6 is 0 Å². The van der Waals surface area contributed by atoms with Gasteiger partial charge in [0.2, 0.25) is 0 Å². The molecule has 0 atom stereocenters. The number of carbonyl (C=O) groups excluding carboxylic acids is 1. The molecule has 0 spiro atoms. The van der Waals surface area contributed by atoms with Crippen molar-refractivity contribution in [1.29, 1.82) is 0 Å². The minimum atomic E-state index is -0.549. The number of rotatable bonds is 3. The van der Waals surface area contributed by atoms with E-state index in [2.05, 4.69) is 11.8 Å². The second-order valence-electron chi connectivity index (χ2n) is 2.49. The summed E-state index contributed by atoms with van der Waals surface area (Å²) < 4.78 is 18.2. The first-order valence-electron chi connectivity index (χ1n) is 4.05. The zero-order valence-electron chi connectivity index (χ0n) is 7.71. The maximum absolute atomic E-state index is 13.1. The number of halogens is 1. The fourth-order valence-electron chi connectivity index (χ4n) is 0.951. The number of ether oxygens (including phenoxy) is 1. The summed E-state index contributed by atoms with van der Waals surface area (Å²) in [4.78, 5) is 10.5. The molecule has 0 aromatic heterocycles. The Morgan fingerprint density at radius 3 is 3.00 bits per heavy atom. The Morgan fingerprint density at radius 1 is 1.57 bits per heavy atom. The second kappa shape index (κ2) is 5.03. The molecule has 72 valence electrons. The van der Waals surface area contributed by atoms with Gasteiger partial charge in [-0.15, -0.1) is 5.92 Å². The minimum Gasteiger partial charge on any atom is -0.477 e. The highest BCUT2D eigenvalue weighted by atomic mass is 19.1. The lowest BCUT2D eigenvalue weighted by Gasteiger charge is -2.05. The molecular formula is C11H9FO2. The Balaban J connectivity index is 2.91. The zero-order chi connectivity index (χ0) is 10.4. The van der Waals surface area contributed by atoms with Crippen molar-refractivity contribution < 1.29 is 13.9 Å². The summed E-state index contributed by atoms with van der Waals surface area (Å²) >= 11 is 0. The number of aldehydes is 1. The first-order chi connectivity index (χ1) is 6.79. The van der Waals surface area contributed by atoms with Crippen molar-refractivity contribution in [2.75, 3.05) is 6.61 Å². The van der Waals surface area contributed by atoms with Crippen molar-refractivity contribution in [3.8, 4) is 17.6 Å². The molecule has 2 nitrogen and oxygen atoms in total.